The average molecular weight is 224 g/mol. The molecule has 0 radical (unpaired) electrons. The van der Waals surface area contributed by atoms with Crippen LogP contribution in [-0.2, 0) is 0 Å². The monoisotopic (exact) mass is 224 g/mol. The Bertz CT molecular complexity index is 365. The molecule has 16 heavy (non-hydrogen) atoms. The number of hydrogen-bond acceptors (Lipinski definition) is 2. The maximum atomic E-state index is 13.7. The summed E-state index contributed by atoms with van der Waals surface area (Å²) in [6.45, 7) is 1.71. The van der Waals surface area contributed by atoms with Crippen LogP contribution in [0.5, 0.6) is 5.75 Å². The van der Waals surface area contributed by atoms with Crippen molar-refractivity contribution in [2.45, 2.75) is 44.8 Å². The lowest BCUT2D eigenvalue weighted by atomic mass is 9.95. The highest BCUT2D eigenvalue weighted by Crippen LogP contribution is 2.26. The van der Waals surface area contributed by atoms with Gasteiger partial charge in [-0.3, -0.25) is 0 Å². The third kappa shape index (κ3) is 2.35. The lowest BCUT2D eigenvalue weighted by molar-refractivity contribution is 0.00494. The Hall–Kier alpha value is -1.09. The molecular weight excluding hydrogens is 207 g/mol. The molecule has 1 saturated carbocycles. The molecule has 1 aromatic rings. The van der Waals surface area contributed by atoms with Crippen LogP contribution in [0.4, 0.5) is 4.39 Å². The zero-order chi connectivity index (χ0) is 11.5. The summed E-state index contributed by atoms with van der Waals surface area (Å²) in [7, 11) is 0. The molecule has 0 aliphatic heterocycles. The van der Waals surface area contributed by atoms with Crippen LogP contribution in [0.25, 0.3) is 0 Å². The van der Waals surface area contributed by atoms with Crippen LogP contribution in [-0.4, -0.2) is 17.3 Å². The normalized spacial score (nSPS) is 25.4. The predicted molar refractivity (Wildman–Crippen MR) is 60.0 cm³/mol. The largest absolute Gasteiger partial charge is 0.485 e. The number of hydrogen-bond donors (Lipinski definition) is 1. The molecule has 2 rings (SSSR count). The summed E-state index contributed by atoms with van der Waals surface area (Å²) < 4.78 is 19.2. The molecule has 0 bridgehead atoms. The molecule has 1 aliphatic carbocycles. The Morgan fingerprint density at radius 1 is 1.31 bits per heavy atom. The summed E-state index contributed by atoms with van der Waals surface area (Å²) in [6, 6.07) is 5.09. The molecule has 1 fully saturated rings. The van der Waals surface area contributed by atoms with Gasteiger partial charge in [0.05, 0.1) is 6.10 Å². The molecule has 0 amide bonds. The van der Waals surface area contributed by atoms with Crippen LogP contribution in [0.2, 0.25) is 0 Å². The van der Waals surface area contributed by atoms with E-state index < -0.39 is 6.10 Å². The zero-order valence-electron chi connectivity index (χ0n) is 9.45. The number of aryl methyl sites for hydroxylation is 1. The zero-order valence-corrected chi connectivity index (χ0v) is 9.45. The van der Waals surface area contributed by atoms with E-state index in [2.05, 4.69) is 0 Å². The summed E-state index contributed by atoms with van der Waals surface area (Å²) in [5.74, 6) is -0.0637. The van der Waals surface area contributed by atoms with Gasteiger partial charge in [-0.2, -0.15) is 0 Å². The summed E-state index contributed by atoms with van der Waals surface area (Å²) in [6.07, 6.45) is 2.89. The average Bonchev–Trinajstić information content (AvgIpc) is 2.28. The van der Waals surface area contributed by atoms with Crippen LogP contribution in [0, 0.1) is 12.7 Å². The Labute approximate surface area is 95.1 Å². The number of aliphatic hydroxyl groups is 1. The molecule has 0 unspecified atom stereocenters. The van der Waals surface area contributed by atoms with E-state index in [1.54, 1.807) is 25.1 Å². The number of rotatable bonds is 2. The first-order valence-electron chi connectivity index (χ1n) is 5.78. The van der Waals surface area contributed by atoms with Gasteiger partial charge in [0.25, 0.3) is 0 Å². The topological polar surface area (TPSA) is 29.5 Å². The van der Waals surface area contributed by atoms with Crippen molar-refractivity contribution in [2.24, 2.45) is 0 Å². The van der Waals surface area contributed by atoms with Gasteiger partial charge in [-0.05, 0) is 37.8 Å². The molecule has 0 heterocycles. The van der Waals surface area contributed by atoms with Crippen LogP contribution in [0.15, 0.2) is 18.2 Å². The van der Waals surface area contributed by atoms with Crippen molar-refractivity contribution in [3.8, 4) is 5.75 Å². The number of ether oxygens (including phenoxy) is 1. The SMILES string of the molecule is Cc1cccc(O[C@H]2CCCC[C@@H]2O)c1F. The summed E-state index contributed by atoms with van der Waals surface area (Å²) in [5, 5.41) is 9.74. The summed E-state index contributed by atoms with van der Waals surface area (Å²) in [5.41, 5.74) is 0.572. The first kappa shape index (κ1) is 11.4. The van der Waals surface area contributed by atoms with Gasteiger partial charge >= 0.3 is 0 Å². The second kappa shape index (κ2) is 4.83. The van der Waals surface area contributed by atoms with Crippen molar-refractivity contribution in [2.75, 3.05) is 0 Å². The highest BCUT2D eigenvalue weighted by Gasteiger charge is 2.25. The van der Waals surface area contributed by atoms with Crippen LogP contribution in [0.3, 0.4) is 0 Å². The van der Waals surface area contributed by atoms with Crippen LogP contribution in [0.1, 0.15) is 31.2 Å². The molecule has 2 atom stereocenters. The Morgan fingerprint density at radius 2 is 2.06 bits per heavy atom. The molecule has 0 spiro atoms. The number of benzene rings is 1. The second-order valence-electron chi connectivity index (χ2n) is 4.40. The van der Waals surface area contributed by atoms with E-state index in [0.717, 1.165) is 25.7 Å². The summed E-state index contributed by atoms with van der Waals surface area (Å²) >= 11 is 0. The van der Waals surface area contributed by atoms with E-state index >= 15 is 0 Å². The third-order valence-electron chi connectivity index (χ3n) is 3.10. The first-order valence-corrected chi connectivity index (χ1v) is 5.78. The number of aliphatic hydroxyl groups excluding tert-OH is 1. The highest BCUT2D eigenvalue weighted by atomic mass is 19.1. The van der Waals surface area contributed by atoms with Gasteiger partial charge in [0.15, 0.2) is 11.6 Å². The Balaban J connectivity index is 2.10. The van der Waals surface area contributed by atoms with Crippen molar-refractivity contribution in [3.63, 3.8) is 0 Å². The van der Waals surface area contributed by atoms with Gasteiger partial charge in [-0.25, -0.2) is 4.39 Å². The van der Waals surface area contributed by atoms with Gasteiger partial charge in [0.2, 0.25) is 0 Å². The Morgan fingerprint density at radius 3 is 2.81 bits per heavy atom. The smallest absolute Gasteiger partial charge is 0.167 e. The fraction of sp³-hybridized carbons (Fsp3) is 0.538. The molecule has 1 N–H and O–H groups in total. The molecule has 1 aromatic carbocycles. The van der Waals surface area contributed by atoms with E-state index in [-0.39, 0.29) is 17.7 Å². The lowest BCUT2D eigenvalue weighted by Crippen LogP contribution is -2.34. The minimum atomic E-state index is -0.464. The van der Waals surface area contributed by atoms with E-state index in [1.807, 2.05) is 0 Å². The van der Waals surface area contributed by atoms with Crippen molar-refractivity contribution in [1.82, 2.24) is 0 Å². The minimum absolute atomic E-state index is 0.256. The van der Waals surface area contributed by atoms with Crippen LogP contribution >= 0.6 is 0 Å². The van der Waals surface area contributed by atoms with Gasteiger partial charge in [-0.15, -0.1) is 0 Å². The highest BCUT2D eigenvalue weighted by molar-refractivity contribution is 5.30. The quantitative estimate of drug-likeness (QED) is 0.837. The number of halogens is 1. The standard InChI is InChI=1S/C13H17FO2/c1-9-5-4-8-12(13(9)14)16-11-7-3-2-6-10(11)15/h4-5,8,10-11,15H,2-3,6-7H2,1H3/t10-,11-/m0/s1. The van der Waals surface area contributed by atoms with Gasteiger partial charge in [-0.1, -0.05) is 18.6 Å². The van der Waals surface area contributed by atoms with Gasteiger partial charge in [0.1, 0.15) is 6.10 Å². The maximum absolute atomic E-state index is 13.7. The molecule has 0 saturated heterocycles. The van der Waals surface area contributed by atoms with Crippen molar-refractivity contribution < 1.29 is 14.2 Å². The van der Waals surface area contributed by atoms with Crippen molar-refractivity contribution in [1.29, 1.82) is 0 Å². The minimum Gasteiger partial charge on any atom is -0.485 e. The second-order valence-corrected chi connectivity index (χ2v) is 4.40. The lowest BCUT2D eigenvalue weighted by Gasteiger charge is -2.28. The third-order valence-corrected chi connectivity index (χ3v) is 3.10. The molecule has 2 nitrogen and oxygen atoms in total. The molecule has 3 heteroatoms. The van der Waals surface area contributed by atoms with E-state index in [1.165, 1.54) is 0 Å². The molecular formula is C13H17FO2. The fourth-order valence-corrected chi connectivity index (χ4v) is 2.09. The van der Waals surface area contributed by atoms with Crippen molar-refractivity contribution >= 4 is 0 Å². The summed E-state index contributed by atoms with van der Waals surface area (Å²) in [4.78, 5) is 0. The molecule has 1 aliphatic rings. The molecule has 0 aromatic heterocycles. The maximum Gasteiger partial charge on any atom is 0.167 e. The van der Waals surface area contributed by atoms with E-state index in [4.69, 9.17) is 4.74 Å². The van der Waals surface area contributed by atoms with Gasteiger partial charge in [0, 0.05) is 0 Å². The van der Waals surface area contributed by atoms with Gasteiger partial charge < -0.3 is 9.84 Å². The Kier molecular flexibility index (Phi) is 3.44. The van der Waals surface area contributed by atoms with Crippen molar-refractivity contribution in [3.05, 3.63) is 29.6 Å². The predicted octanol–water partition coefficient (Wildman–Crippen LogP) is 2.82. The molecule has 88 valence electrons. The van der Waals surface area contributed by atoms with E-state index in [9.17, 15) is 9.50 Å². The van der Waals surface area contributed by atoms with Crippen LogP contribution < -0.4 is 4.74 Å². The first-order chi connectivity index (χ1) is 7.68. The fourth-order valence-electron chi connectivity index (χ4n) is 2.09. The van der Waals surface area contributed by atoms with E-state index in [0.29, 0.717) is 5.56 Å².